The van der Waals surface area contributed by atoms with Crippen molar-refractivity contribution in [2.45, 2.75) is 12.5 Å². The van der Waals surface area contributed by atoms with E-state index in [1.54, 1.807) is 6.20 Å². The summed E-state index contributed by atoms with van der Waals surface area (Å²) >= 11 is 0. The van der Waals surface area contributed by atoms with Crippen molar-refractivity contribution in [1.29, 1.82) is 0 Å². The summed E-state index contributed by atoms with van der Waals surface area (Å²) in [7, 11) is 0. The van der Waals surface area contributed by atoms with Gasteiger partial charge in [0.15, 0.2) is 0 Å². The van der Waals surface area contributed by atoms with E-state index in [-0.39, 0.29) is 5.95 Å². The van der Waals surface area contributed by atoms with E-state index in [9.17, 15) is 0 Å². The Morgan fingerprint density at radius 1 is 1.23 bits per heavy atom. The highest BCUT2D eigenvalue weighted by molar-refractivity contribution is 6.01. The average Bonchev–Trinajstić information content (AvgIpc) is 3.17. The van der Waals surface area contributed by atoms with Crippen LogP contribution in [0.25, 0.3) is 22.3 Å². The zero-order valence-corrected chi connectivity index (χ0v) is 12.0. The molecule has 0 saturated carbocycles. The molecule has 0 aromatic carbocycles. The number of nitrogens with zero attached hydrogens (tertiary/aromatic N) is 3. The van der Waals surface area contributed by atoms with Gasteiger partial charge in [0.25, 0.3) is 0 Å². The molecule has 1 aliphatic heterocycles. The summed E-state index contributed by atoms with van der Waals surface area (Å²) in [5, 5.41) is 8.00. The molecule has 0 radical (unpaired) electrons. The van der Waals surface area contributed by atoms with E-state index < -0.39 is 0 Å². The predicted octanol–water partition coefficient (Wildman–Crippen LogP) is 1.38. The number of pyridine rings is 1. The molecule has 0 aliphatic carbocycles. The molecule has 1 aliphatic rings. The molecular weight excluding hydrogens is 278 g/mol. The summed E-state index contributed by atoms with van der Waals surface area (Å²) < 4.78 is 0. The number of aromatic nitrogens is 4. The summed E-state index contributed by atoms with van der Waals surface area (Å²) in [4.78, 5) is 15.9. The van der Waals surface area contributed by atoms with Crippen LogP contribution in [0, 0.1) is 0 Å². The van der Waals surface area contributed by atoms with Gasteiger partial charge in [-0.15, -0.1) is 0 Å². The maximum atomic E-state index is 5.71. The molecular formula is C15H17N7. The van der Waals surface area contributed by atoms with Gasteiger partial charge in [0.1, 0.15) is 5.65 Å². The van der Waals surface area contributed by atoms with Crippen molar-refractivity contribution in [2.75, 3.05) is 24.1 Å². The molecule has 5 N–H and O–H groups in total. The number of anilines is 2. The number of nitrogen functional groups attached to an aromatic ring is 1. The fourth-order valence-corrected chi connectivity index (χ4v) is 2.90. The van der Waals surface area contributed by atoms with Gasteiger partial charge in [-0.25, -0.2) is 15.0 Å². The van der Waals surface area contributed by atoms with Crippen molar-refractivity contribution in [3.63, 3.8) is 0 Å². The molecule has 3 aromatic rings. The first kappa shape index (κ1) is 13.0. The molecule has 0 bridgehead atoms. The maximum Gasteiger partial charge on any atom is 0.220 e. The van der Waals surface area contributed by atoms with Gasteiger partial charge < -0.3 is 21.4 Å². The zero-order valence-electron chi connectivity index (χ0n) is 12.0. The molecule has 4 heterocycles. The smallest absolute Gasteiger partial charge is 0.220 e. The van der Waals surface area contributed by atoms with E-state index in [0.717, 1.165) is 47.5 Å². The van der Waals surface area contributed by atoms with Crippen molar-refractivity contribution >= 4 is 22.7 Å². The number of hydrogen-bond acceptors (Lipinski definition) is 6. The van der Waals surface area contributed by atoms with Crippen LogP contribution in [0.1, 0.15) is 6.42 Å². The largest absolute Gasteiger partial charge is 0.380 e. The van der Waals surface area contributed by atoms with Gasteiger partial charge >= 0.3 is 0 Å². The SMILES string of the molecule is Nc1nccc(-c2c[nH]c3nccc(NC4CCNC4)c23)n1. The molecule has 1 saturated heterocycles. The minimum atomic E-state index is 0.269. The quantitative estimate of drug-likeness (QED) is 0.582. The lowest BCUT2D eigenvalue weighted by Gasteiger charge is -2.14. The number of hydrogen-bond donors (Lipinski definition) is 4. The summed E-state index contributed by atoms with van der Waals surface area (Å²) in [5.41, 5.74) is 9.37. The summed E-state index contributed by atoms with van der Waals surface area (Å²) in [6, 6.07) is 4.29. The first-order valence-corrected chi connectivity index (χ1v) is 7.33. The summed E-state index contributed by atoms with van der Waals surface area (Å²) in [6.07, 6.45) is 6.50. The van der Waals surface area contributed by atoms with Crippen LogP contribution < -0.4 is 16.4 Å². The fraction of sp³-hybridized carbons (Fsp3) is 0.267. The van der Waals surface area contributed by atoms with Gasteiger partial charge in [0.05, 0.1) is 11.1 Å². The molecule has 1 atom stereocenters. The Kier molecular flexibility index (Phi) is 3.12. The Balaban J connectivity index is 1.82. The van der Waals surface area contributed by atoms with Crippen LogP contribution in [0.15, 0.2) is 30.7 Å². The van der Waals surface area contributed by atoms with Gasteiger partial charge in [0.2, 0.25) is 5.95 Å². The molecule has 7 nitrogen and oxygen atoms in total. The van der Waals surface area contributed by atoms with Crippen molar-refractivity contribution in [1.82, 2.24) is 25.3 Å². The Morgan fingerprint density at radius 2 is 2.14 bits per heavy atom. The monoisotopic (exact) mass is 295 g/mol. The summed E-state index contributed by atoms with van der Waals surface area (Å²) in [6.45, 7) is 2.03. The highest BCUT2D eigenvalue weighted by Crippen LogP contribution is 2.32. The second-order valence-corrected chi connectivity index (χ2v) is 5.42. The maximum absolute atomic E-state index is 5.71. The first-order valence-electron chi connectivity index (χ1n) is 7.33. The second-order valence-electron chi connectivity index (χ2n) is 5.42. The molecule has 3 aromatic heterocycles. The van der Waals surface area contributed by atoms with Crippen LogP contribution in [0.3, 0.4) is 0 Å². The van der Waals surface area contributed by atoms with Gasteiger partial charge in [-0.2, -0.15) is 0 Å². The van der Waals surface area contributed by atoms with E-state index in [2.05, 4.69) is 30.6 Å². The van der Waals surface area contributed by atoms with E-state index in [4.69, 9.17) is 5.73 Å². The number of aromatic amines is 1. The topological polar surface area (TPSA) is 105 Å². The predicted molar refractivity (Wildman–Crippen MR) is 86.4 cm³/mol. The third-order valence-corrected chi connectivity index (χ3v) is 3.94. The molecule has 4 rings (SSSR count). The Labute approximate surface area is 127 Å². The Morgan fingerprint density at radius 3 is 2.95 bits per heavy atom. The van der Waals surface area contributed by atoms with Gasteiger partial charge in [0, 0.05) is 42.4 Å². The summed E-state index contributed by atoms with van der Waals surface area (Å²) in [5.74, 6) is 0.269. The Bertz CT molecular complexity index is 805. The van der Waals surface area contributed by atoms with Gasteiger partial charge in [-0.3, -0.25) is 0 Å². The molecule has 22 heavy (non-hydrogen) atoms. The van der Waals surface area contributed by atoms with Crippen LogP contribution in [0.5, 0.6) is 0 Å². The lowest BCUT2D eigenvalue weighted by molar-refractivity contribution is 0.794. The Hall–Kier alpha value is -2.67. The standard InChI is InChI=1S/C15H17N7/c16-15-19-6-2-11(22-15)10-8-20-14-13(10)12(3-5-18-14)21-9-1-4-17-7-9/h2-3,5-6,8-9,17H,1,4,7H2,(H2,16,19,22)(H2,18,20,21). The normalized spacial score (nSPS) is 17.9. The minimum Gasteiger partial charge on any atom is -0.380 e. The van der Waals surface area contributed by atoms with Crippen LogP contribution in [0.4, 0.5) is 11.6 Å². The highest BCUT2D eigenvalue weighted by atomic mass is 15.0. The number of rotatable bonds is 3. The number of fused-ring (bicyclic) bond motifs is 1. The van der Waals surface area contributed by atoms with Gasteiger partial charge in [-0.1, -0.05) is 0 Å². The van der Waals surface area contributed by atoms with Crippen LogP contribution >= 0.6 is 0 Å². The lowest BCUT2D eigenvalue weighted by atomic mass is 10.1. The van der Waals surface area contributed by atoms with E-state index in [0.29, 0.717) is 6.04 Å². The lowest BCUT2D eigenvalue weighted by Crippen LogP contribution is -2.22. The minimum absolute atomic E-state index is 0.269. The van der Waals surface area contributed by atoms with E-state index in [1.165, 1.54) is 0 Å². The van der Waals surface area contributed by atoms with Crippen molar-refractivity contribution < 1.29 is 0 Å². The van der Waals surface area contributed by atoms with Crippen molar-refractivity contribution in [3.8, 4) is 11.3 Å². The van der Waals surface area contributed by atoms with E-state index >= 15 is 0 Å². The zero-order chi connectivity index (χ0) is 14.9. The molecule has 7 heteroatoms. The number of nitrogens with one attached hydrogen (secondary N) is 3. The van der Waals surface area contributed by atoms with Gasteiger partial charge in [-0.05, 0) is 25.1 Å². The third-order valence-electron chi connectivity index (χ3n) is 3.94. The first-order chi connectivity index (χ1) is 10.8. The van der Waals surface area contributed by atoms with E-state index in [1.807, 2.05) is 24.5 Å². The van der Waals surface area contributed by atoms with Crippen LogP contribution in [-0.4, -0.2) is 39.1 Å². The molecule has 1 fully saturated rings. The molecule has 0 spiro atoms. The van der Waals surface area contributed by atoms with Crippen LogP contribution in [-0.2, 0) is 0 Å². The third kappa shape index (κ3) is 2.25. The number of H-pyrrole nitrogens is 1. The van der Waals surface area contributed by atoms with Crippen molar-refractivity contribution in [2.24, 2.45) is 0 Å². The fourth-order valence-electron chi connectivity index (χ4n) is 2.90. The average molecular weight is 295 g/mol. The second kappa shape index (κ2) is 5.27. The van der Waals surface area contributed by atoms with Crippen molar-refractivity contribution in [3.05, 3.63) is 30.7 Å². The highest BCUT2D eigenvalue weighted by Gasteiger charge is 2.18. The number of nitrogens with two attached hydrogens (primary N) is 1. The molecule has 1 unspecified atom stereocenters. The molecule has 0 amide bonds. The van der Waals surface area contributed by atoms with Crippen LogP contribution in [0.2, 0.25) is 0 Å². The molecule has 112 valence electrons.